The molecule has 0 saturated carbocycles. The summed E-state index contributed by atoms with van der Waals surface area (Å²) < 4.78 is 32.0. The number of H-pyrrole nitrogens is 1. The fraction of sp³-hybridized carbons (Fsp3) is 0.105. The van der Waals surface area contributed by atoms with Crippen molar-refractivity contribution in [1.82, 2.24) is 20.2 Å². The molecule has 2 heterocycles. The van der Waals surface area contributed by atoms with Crippen LogP contribution >= 0.6 is 0 Å². The minimum Gasteiger partial charge on any atom is -0.421 e. The minimum absolute atomic E-state index is 0.0566. The van der Waals surface area contributed by atoms with Gasteiger partial charge in [-0.3, -0.25) is 5.10 Å². The predicted molar refractivity (Wildman–Crippen MR) is 93.0 cm³/mol. The Kier molecular flexibility index (Phi) is 3.84. The van der Waals surface area contributed by atoms with E-state index in [9.17, 15) is 8.78 Å². The van der Waals surface area contributed by atoms with Crippen molar-refractivity contribution in [1.29, 1.82) is 0 Å². The zero-order valence-electron chi connectivity index (χ0n) is 14.0. The van der Waals surface area contributed by atoms with Crippen LogP contribution in [-0.2, 0) is 0 Å². The van der Waals surface area contributed by atoms with E-state index in [-0.39, 0.29) is 11.8 Å². The summed E-state index contributed by atoms with van der Waals surface area (Å²) in [5.74, 6) is -1.66. The number of fused-ring (bicyclic) bond motifs is 1. The van der Waals surface area contributed by atoms with Gasteiger partial charge in [-0.25, -0.2) is 13.8 Å². The van der Waals surface area contributed by atoms with E-state index in [1.54, 1.807) is 6.20 Å². The molecule has 2 aromatic heterocycles. The molecule has 0 aliphatic carbocycles. The molecule has 0 fully saturated rings. The lowest BCUT2D eigenvalue weighted by molar-refractivity contribution is 0.409. The van der Waals surface area contributed by atoms with Crippen molar-refractivity contribution in [2.45, 2.75) is 13.8 Å². The second-order valence-corrected chi connectivity index (χ2v) is 5.98. The van der Waals surface area contributed by atoms with Gasteiger partial charge in [-0.05, 0) is 31.5 Å². The van der Waals surface area contributed by atoms with Gasteiger partial charge in [0.25, 0.3) is 0 Å². The minimum atomic E-state index is -0.825. The molecule has 0 bridgehead atoms. The highest BCUT2D eigenvalue weighted by Crippen LogP contribution is 2.30. The van der Waals surface area contributed by atoms with Gasteiger partial charge in [0.05, 0.1) is 5.39 Å². The second kappa shape index (κ2) is 6.18. The molecule has 5 nitrogen and oxygen atoms in total. The quantitative estimate of drug-likeness (QED) is 0.580. The Morgan fingerprint density at radius 3 is 2.65 bits per heavy atom. The van der Waals surface area contributed by atoms with E-state index in [0.717, 1.165) is 34.3 Å². The summed E-state index contributed by atoms with van der Waals surface area (Å²) in [6.45, 7) is 4.04. The number of rotatable bonds is 3. The molecule has 2 aromatic carbocycles. The Balaban J connectivity index is 1.71. The molecule has 0 aliphatic heterocycles. The van der Waals surface area contributed by atoms with Gasteiger partial charge in [-0.2, -0.15) is 10.1 Å². The first-order valence-electron chi connectivity index (χ1n) is 7.93. The molecule has 0 saturated heterocycles. The number of hydrogen-bond donors (Lipinski definition) is 1. The normalized spacial score (nSPS) is 11.1. The zero-order chi connectivity index (χ0) is 18.3. The van der Waals surface area contributed by atoms with Crippen LogP contribution in [0.3, 0.4) is 0 Å². The maximum atomic E-state index is 13.7. The number of aromatic nitrogens is 4. The lowest BCUT2D eigenvalue weighted by Gasteiger charge is -2.06. The number of halogens is 2. The van der Waals surface area contributed by atoms with Crippen LogP contribution in [0.1, 0.15) is 11.1 Å². The average molecular weight is 352 g/mol. The zero-order valence-corrected chi connectivity index (χ0v) is 14.0. The van der Waals surface area contributed by atoms with E-state index < -0.39 is 11.6 Å². The van der Waals surface area contributed by atoms with Crippen molar-refractivity contribution >= 4 is 11.0 Å². The summed E-state index contributed by atoms with van der Waals surface area (Å²) in [5.41, 5.74) is 4.43. The molecular weight excluding hydrogens is 338 g/mol. The fourth-order valence-electron chi connectivity index (χ4n) is 2.78. The van der Waals surface area contributed by atoms with Gasteiger partial charge in [0, 0.05) is 17.8 Å². The van der Waals surface area contributed by atoms with Gasteiger partial charge in [0.2, 0.25) is 0 Å². The third-order valence-corrected chi connectivity index (χ3v) is 4.03. The number of benzene rings is 2. The van der Waals surface area contributed by atoms with E-state index in [0.29, 0.717) is 5.65 Å². The lowest BCUT2D eigenvalue weighted by atomic mass is 10.0. The maximum Gasteiger partial charge on any atom is 0.324 e. The average Bonchev–Trinajstić information content (AvgIpc) is 3.00. The van der Waals surface area contributed by atoms with Crippen LogP contribution in [-0.4, -0.2) is 20.2 Å². The summed E-state index contributed by atoms with van der Waals surface area (Å²) >= 11 is 0. The fourth-order valence-corrected chi connectivity index (χ4v) is 2.78. The Labute approximate surface area is 147 Å². The van der Waals surface area contributed by atoms with Crippen LogP contribution in [0.4, 0.5) is 8.78 Å². The number of nitrogens with zero attached hydrogens (tertiary/aromatic N) is 3. The molecule has 0 atom stereocenters. The molecule has 0 aliphatic rings. The Bertz CT molecular complexity index is 1120. The highest BCUT2D eigenvalue weighted by Gasteiger charge is 2.14. The van der Waals surface area contributed by atoms with Gasteiger partial charge in [0.1, 0.15) is 11.5 Å². The van der Waals surface area contributed by atoms with E-state index in [2.05, 4.69) is 26.2 Å². The first-order valence-corrected chi connectivity index (χ1v) is 7.93. The van der Waals surface area contributed by atoms with Crippen LogP contribution < -0.4 is 4.74 Å². The molecule has 0 amide bonds. The number of aromatic amines is 1. The van der Waals surface area contributed by atoms with Crippen LogP contribution in [0.5, 0.6) is 11.8 Å². The maximum absolute atomic E-state index is 13.7. The second-order valence-electron chi connectivity index (χ2n) is 5.98. The SMILES string of the molecule is Cc1ccc(-c2n[nH]c3nc(Oc4ccc(F)cc4F)ncc23)c(C)c1. The molecule has 4 rings (SSSR count). The summed E-state index contributed by atoms with van der Waals surface area (Å²) in [6, 6.07) is 9.06. The largest absolute Gasteiger partial charge is 0.421 e. The smallest absolute Gasteiger partial charge is 0.324 e. The molecule has 4 aromatic rings. The molecule has 1 N–H and O–H groups in total. The summed E-state index contributed by atoms with van der Waals surface area (Å²) in [5, 5.41) is 7.90. The summed E-state index contributed by atoms with van der Waals surface area (Å²) in [4.78, 5) is 8.33. The van der Waals surface area contributed by atoms with E-state index in [1.165, 1.54) is 11.6 Å². The number of aryl methyl sites for hydroxylation is 2. The summed E-state index contributed by atoms with van der Waals surface area (Å²) in [7, 11) is 0. The van der Waals surface area contributed by atoms with Gasteiger partial charge in [0.15, 0.2) is 17.2 Å². The van der Waals surface area contributed by atoms with Gasteiger partial charge >= 0.3 is 6.01 Å². The third-order valence-electron chi connectivity index (χ3n) is 4.03. The van der Waals surface area contributed by atoms with Crippen molar-refractivity contribution in [2.75, 3.05) is 0 Å². The third kappa shape index (κ3) is 2.88. The molecule has 130 valence electrons. The van der Waals surface area contributed by atoms with Crippen molar-refractivity contribution in [3.05, 3.63) is 65.4 Å². The standard InChI is InChI=1S/C19H14F2N4O/c1-10-3-5-13(11(2)7-10)17-14-9-22-19(23-18(14)25-24-17)26-16-6-4-12(20)8-15(16)21/h3-9H,1-2H3,(H,22,23,24,25). The van der Waals surface area contributed by atoms with Crippen LogP contribution in [0.15, 0.2) is 42.6 Å². The number of nitrogens with one attached hydrogen (secondary N) is 1. The van der Waals surface area contributed by atoms with Crippen molar-refractivity contribution in [2.24, 2.45) is 0 Å². The monoisotopic (exact) mass is 352 g/mol. The van der Waals surface area contributed by atoms with Gasteiger partial charge in [-0.1, -0.05) is 23.8 Å². The number of hydrogen-bond acceptors (Lipinski definition) is 4. The van der Waals surface area contributed by atoms with Crippen LogP contribution in [0.25, 0.3) is 22.3 Å². The first-order chi connectivity index (χ1) is 12.5. The van der Waals surface area contributed by atoms with E-state index in [4.69, 9.17) is 4.74 Å². The first kappa shape index (κ1) is 16.1. The highest BCUT2D eigenvalue weighted by molar-refractivity contribution is 5.91. The predicted octanol–water partition coefficient (Wildman–Crippen LogP) is 4.71. The van der Waals surface area contributed by atoms with Crippen molar-refractivity contribution < 1.29 is 13.5 Å². The molecule has 0 unspecified atom stereocenters. The molecular formula is C19H14F2N4O. The lowest BCUT2D eigenvalue weighted by Crippen LogP contribution is -1.94. The van der Waals surface area contributed by atoms with E-state index in [1.807, 2.05) is 26.0 Å². The van der Waals surface area contributed by atoms with Gasteiger partial charge < -0.3 is 4.74 Å². The Morgan fingerprint density at radius 2 is 1.88 bits per heavy atom. The van der Waals surface area contributed by atoms with E-state index >= 15 is 0 Å². The highest BCUT2D eigenvalue weighted by atomic mass is 19.1. The van der Waals surface area contributed by atoms with Crippen molar-refractivity contribution in [3.8, 4) is 23.0 Å². The molecule has 0 radical (unpaired) electrons. The topological polar surface area (TPSA) is 63.7 Å². The Morgan fingerprint density at radius 1 is 1.04 bits per heavy atom. The molecule has 7 heteroatoms. The molecule has 26 heavy (non-hydrogen) atoms. The Hall–Kier alpha value is -3.35. The number of ether oxygens (including phenoxy) is 1. The van der Waals surface area contributed by atoms with Crippen molar-refractivity contribution in [3.63, 3.8) is 0 Å². The van der Waals surface area contributed by atoms with Gasteiger partial charge in [-0.15, -0.1) is 0 Å². The molecule has 0 spiro atoms. The summed E-state index contributed by atoms with van der Waals surface area (Å²) in [6.07, 6.45) is 1.57. The van der Waals surface area contributed by atoms with Crippen LogP contribution in [0, 0.1) is 25.5 Å². The van der Waals surface area contributed by atoms with Crippen LogP contribution in [0.2, 0.25) is 0 Å².